The van der Waals surface area contributed by atoms with Crippen molar-refractivity contribution in [2.24, 2.45) is 5.72 Å². The van der Waals surface area contributed by atoms with Crippen LogP contribution in [0.1, 0.15) is 17.9 Å². The molecule has 1 atom stereocenters. The fraction of sp³-hybridized carbons (Fsp3) is 0.333. The minimum absolute atomic E-state index is 0.0486. The maximum Gasteiger partial charge on any atom is 0.119 e. The summed E-state index contributed by atoms with van der Waals surface area (Å²) in [7, 11) is 0. The lowest BCUT2D eigenvalue weighted by atomic mass is 10.1. The van der Waals surface area contributed by atoms with Crippen molar-refractivity contribution in [3.05, 3.63) is 35.9 Å². The van der Waals surface area contributed by atoms with Crippen LogP contribution >= 0.6 is 0 Å². The van der Waals surface area contributed by atoms with Crippen molar-refractivity contribution in [2.75, 3.05) is 0 Å². The maximum atomic E-state index is 7.75. The third-order valence-electron chi connectivity index (χ3n) is 1.21. The second-order valence-corrected chi connectivity index (χ2v) is 2.11. The van der Waals surface area contributed by atoms with E-state index in [0.717, 1.165) is 0 Å². The molecule has 0 fully saturated rings. The van der Waals surface area contributed by atoms with Gasteiger partial charge >= 0.3 is 0 Å². The molecule has 1 heteroatoms. The molecule has 0 aliphatic carbocycles. The number of nitrogens with two attached hydrogens (primary N) is 1. The summed E-state index contributed by atoms with van der Waals surface area (Å²) in [6.07, 6.45) is -0.183. The Morgan fingerprint density at radius 3 is 3.10 bits per heavy atom. The summed E-state index contributed by atoms with van der Waals surface area (Å²) in [6, 6.07) is 6.36. The van der Waals surface area contributed by atoms with Crippen LogP contribution in [-0.4, -0.2) is 6.02 Å². The summed E-state index contributed by atoms with van der Waals surface area (Å²) in [4.78, 5) is 0. The van der Waals surface area contributed by atoms with Crippen LogP contribution in [0.5, 0.6) is 0 Å². The maximum absolute atomic E-state index is 7.75. The fourth-order valence-corrected chi connectivity index (χ4v) is 0.789. The summed E-state index contributed by atoms with van der Waals surface area (Å²) in [6.45, 7) is -2.70. The lowest BCUT2D eigenvalue weighted by molar-refractivity contribution is 0.738. The Labute approximate surface area is 70.4 Å². The molecule has 0 amide bonds. The van der Waals surface area contributed by atoms with Gasteiger partial charge in [-0.3, -0.25) is 0 Å². The predicted octanol–water partition coefficient (Wildman–Crippen LogP) is 1.58. The predicted molar refractivity (Wildman–Crippen MR) is 43.8 cm³/mol. The van der Waals surface area contributed by atoms with E-state index < -0.39 is 12.9 Å². The van der Waals surface area contributed by atoms with Crippen LogP contribution in [0, 0.1) is 0 Å². The molecular weight excluding hydrogens is 122 g/mol. The van der Waals surface area contributed by atoms with Crippen molar-refractivity contribution in [1.82, 2.24) is 0 Å². The van der Waals surface area contributed by atoms with Crippen molar-refractivity contribution in [3.63, 3.8) is 0 Å². The van der Waals surface area contributed by atoms with E-state index in [9.17, 15) is 0 Å². The van der Waals surface area contributed by atoms with Gasteiger partial charge in [0, 0.05) is 11.5 Å². The van der Waals surface area contributed by atoms with Gasteiger partial charge in [0.05, 0.1) is 0 Å². The van der Waals surface area contributed by atoms with Crippen molar-refractivity contribution in [1.29, 1.82) is 0 Å². The van der Waals surface area contributed by atoms with Crippen molar-refractivity contribution in [3.8, 4) is 0 Å². The zero-order valence-corrected chi connectivity index (χ0v) is 5.54. The third-order valence-corrected chi connectivity index (χ3v) is 1.21. The van der Waals surface area contributed by atoms with E-state index >= 15 is 0 Å². The van der Waals surface area contributed by atoms with Crippen LogP contribution in [-0.2, 0) is 6.42 Å². The highest BCUT2D eigenvalue weighted by molar-refractivity contribution is 5.15. The molecule has 1 rings (SSSR count). The van der Waals surface area contributed by atoms with Gasteiger partial charge in [-0.05, 0) is 18.8 Å². The molecule has 0 spiro atoms. The highest BCUT2D eigenvalue weighted by atomic mass is 14.6. The highest BCUT2D eigenvalue weighted by Gasteiger charge is 1.94. The Hall–Kier alpha value is -0.820. The average molecular weight is 141 g/mol. The van der Waals surface area contributed by atoms with E-state index in [2.05, 4.69) is 0 Å². The van der Waals surface area contributed by atoms with Gasteiger partial charge in [0.25, 0.3) is 0 Å². The third kappa shape index (κ3) is 2.19. The van der Waals surface area contributed by atoms with Gasteiger partial charge in [0.2, 0.25) is 0 Å². The largest absolute Gasteiger partial charge is 0.328 e. The first-order chi connectivity index (χ1) is 7.27. The minimum Gasteiger partial charge on any atom is -0.328 e. The van der Waals surface area contributed by atoms with E-state index in [4.69, 9.17) is 8.31 Å². The van der Waals surface area contributed by atoms with Gasteiger partial charge in [-0.1, -0.05) is 30.3 Å². The molecule has 0 aliphatic rings. The Balaban J connectivity index is 2.98. The summed E-state index contributed by atoms with van der Waals surface area (Å²) in [5.41, 5.74) is 0.575. The second-order valence-electron chi connectivity index (χ2n) is 2.11. The van der Waals surface area contributed by atoms with Crippen molar-refractivity contribution in [2.45, 2.75) is 19.3 Å². The molecule has 0 radical (unpaired) electrons. The first-order valence-electron chi connectivity index (χ1n) is 5.99. The van der Waals surface area contributed by atoms with Crippen LogP contribution in [0.25, 0.3) is 0 Å². The van der Waals surface area contributed by atoms with Crippen molar-refractivity contribution < 1.29 is 8.31 Å². The standard InChI is InChI=1S/C9H13N/c1-8(10)7-9-5-3-2-4-6-9/h2-6,8H,7,10H2,1H3/i1D3,8D/hD2. The van der Waals surface area contributed by atoms with E-state index in [1.165, 1.54) is 0 Å². The quantitative estimate of drug-likeness (QED) is 0.679. The van der Waals surface area contributed by atoms with Crippen LogP contribution in [0.3, 0.4) is 0 Å². The van der Waals surface area contributed by atoms with Crippen LogP contribution in [0.2, 0.25) is 2.82 Å². The number of rotatable bonds is 3. The van der Waals surface area contributed by atoms with E-state index in [1.54, 1.807) is 30.3 Å². The summed E-state index contributed by atoms with van der Waals surface area (Å²) >= 11 is 0. The lowest BCUT2D eigenvalue weighted by Gasteiger charge is -2.02. The molecule has 0 bridgehead atoms. The number of benzene rings is 1. The van der Waals surface area contributed by atoms with Crippen molar-refractivity contribution >= 4 is 0 Å². The number of hydrogen-bond acceptors (Lipinski definition) is 1. The highest BCUT2D eigenvalue weighted by Crippen LogP contribution is 2.00. The summed E-state index contributed by atoms with van der Waals surface area (Å²) in [5, 5.41) is 0. The molecule has 0 aliphatic heterocycles. The average Bonchev–Trinajstić information content (AvgIpc) is 2.17. The first-order valence-corrected chi connectivity index (χ1v) is 3.09. The lowest BCUT2D eigenvalue weighted by Crippen LogP contribution is -2.17. The van der Waals surface area contributed by atoms with Crippen LogP contribution < -0.4 is 5.72 Å². The molecule has 10 heavy (non-hydrogen) atoms. The van der Waals surface area contributed by atoms with E-state index in [0.29, 0.717) is 5.56 Å². The SMILES string of the molecule is [2H]N([2H])C([2H])(Cc1ccccc1)C([2H])([2H])[2H]. The molecule has 0 saturated carbocycles. The zero-order valence-electron chi connectivity index (χ0n) is 11.5. The monoisotopic (exact) mass is 141 g/mol. The molecule has 0 aromatic heterocycles. The van der Waals surface area contributed by atoms with Crippen LogP contribution in [0.4, 0.5) is 0 Å². The molecule has 1 aromatic carbocycles. The smallest absolute Gasteiger partial charge is 0.119 e. The van der Waals surface area contributed by atoms with Gasteiger partial charge in [-0.15, -0.1) is 0 Å². The van der Waals surface area contributed by atoms with Gasteiger partial charge in [0.15, 0.2) is 0 Å². The molecule has 0 heterocycles. The molecule has 1 unspecified atom stereocenters. The number of hydrogen-bond donors (Lipinski definition) is 1. The molecule has 2 N–H and O–H groups in total. The summed E-state index contributed by atoms with van der Waals surface area (Å²) in [5.74, 6) is 0. The van der Waals surface area contributed by atoms with Gasteiger partial charge < -0.3 is 5.72 Å². The van der Waals surface area contributed by atoms with E-state index in [1.807, 2.05) is 0 Å². The topological polar surface area (TPSA) is 26.0 Å². The summed E-state index contributed by atoms with van der Waals surface area (Å²) < 4.78 is 43.6. The molecule has 1 aromatic rings. The zero-order chi connectivity index (χ0) is 12.4. The Morgan fingerprint density at radius 2 is 2.50 bits per heavy atom. The molecule has 1 nitrogen and oxygen atoms in total. The first kappa shape index (κ1) is 2.67. The Morgan fingerprint density at radius 1 is 1.70 bits per heavy atom. The Bertz CT molecular complexity index is 336. The van der Waals surface area contributed by atoms with E-state index in [-0.39, 0.29) is 12.1 Å². The minimum atomic E-state index is -2.70. The molecular formula is C9H13N. The van der Waals surface area contributed by atoms with Gasteiger partial charge in [0.1, 0.15) is 2.82 Å². The normalized spacial score (nSPS) is 26.5. The van der Waals surface area contributed by atoms with Gasteiger partial charge in [-0.2, -0.15) is 0 Å². The fourth-order valence-electron chi connectivity index (χ4n) is 0.789. The van der Waals surface area contributed by atoms with Gasteiger partial charge in [-0.25, -0.2) is 0 Å². The second kappa shape index (κ2) is 3.37. The molecule has 54 valence electrons. The Kier molecular flexibility index (Phi) is 0.899. The molecule has 0 saturated heterocycles. The van der Waals surface area contributed by atoms with Crippen LogP contribution in [0.15, 0.2) is 30.3 Å².